The molecule has 1 aliphatic rings. The molecule has 11 nitrogen and oxygen atoms in total. The third kappa shape index (κ3) is 6.20. The topological polar surface area (TPSA) is 121 Å². The van der Waals surface area contributed by atoms with Crippen LogP contribution in [0.15, 0.2) is 66.7 Å². The van der Waals surface area contributed by atoms with E-state index in [9.17, 15) is 9.59 Å². The van der Waals surface area contributed by atoms with Gasteiger partial charge in [0.2, 0.25) is 5.91 Å². The van der Waals surface area contributed by atoms with Crippen LogP contribution in [0.5, 0.6) is 0 Å². The molecule has 0 unspecified atom stereocenters. The Morgan fingerprint density at radius 1 is 0.872 bits per heavy atom. The van der Waals surface area contributed by atoms with Crippen LogP contribution < -0.4 is 15.5 Å². The van der Waals surface area contributed by atoms with Crippen LogP contribution in [0.3, 0.4) is 0 Å². The number of piperazine rings is 1. The van der Waals surface area contributed by atoms with Gasteiger partial charge in [0.05, 0.1) is 11.4 Å². The molecule has 1 aliphatic heterocycles. The van der Waals surface area contributed by atoms with Gasteiger partial charge in [0.25, 0.3) is 5.91 Å². The standard InChI is InChI=1S/C28H31N9O2/c1-20-26(34-37(33-20)23-11-7-4-8-12-23)28(39)36-17-15-35(16-18-36)25-19-24(30-14-13-29-21(2)38)31-27(32-25)22-9-5-3-6-10-22/h3-12,19H,13-18H2,1-2H3,(H,29,38)(H,30,31,32). The number of hydrogen-bond donors (Lipinski definition) is 2. The summed E-state index contributed by atoms with van der Waals surface area (Å²) in [5.41, 5.74) is 2.69. The van der Waals surface area contributed by atoms with Crippen molar-refractivity contribution in [2.45, 2.75) is 13.8 Å². The van der Waals surface area contributed by atoms with E-state index in [1.807, 2.05) is 78.6 Å². The van der Waals surface area contributed by atoms with Crippen molar-refractivity contribution in [3.05, 3.63) is 78.1 Å². The van der Waals surface area contributed by atoms with Crippen molar-refractivity contribution in [1.29, 1.82) is 0 Å². The zero-order valence-electron chi connectivity index (χ0n) is 22.0. The molecule has 0 bridgehead atoms. The lowest BCUT2D eigenvalue weighted by atomic mass is 10.2. The Balaban J connectivity index is 1.29. The molecule has 39 heavy (non-hydrogen) atoms. The number of para-hydroxylation sites is 1. The fraction of sp³-hybridized carbons (Fsp3) is 0.286. The largest absolute Gasteiger partial charge is 0.368 e. The van der Waals surface area contributed by atoms with Gasteiger partial charge in [-0.1, -0.05) is 48.5 Å². The Kier molecular flexibility index (Phi) is 7.76. The second-order valence-electron chi connectivity index (χ2n) is 9.25. The lowest BCUT2D eigenvalue weighted by molar-refractivity contribution is -0.118. The first kappa shape index (κ1) is 25.8. The molecule has 0 aliphatic carbocycles. The third-order valence-corrected chi connectivity index (χ3v) is 6.41. The van der Waals surface area contributed by atoms with Crippen LogP contribution in [-0.2, 0) is 4.79 Å². The first-order valence-corrected chi connectivity index (χ1v) is 12.9. The van der Waals surface area contributed by atoms with Crippen molar-refractivity contribution in [1.82, 2.24) is 35.2 Å². The smallest absolute Gasteiger partial charge is 0.276 e. The van der Waals surface area contributed by atoms with Gasteiger partial charge >= 0.3 is 0 Å². The maximum absolute atomic E-state index is 13.3. The minimum atomic E-state index is -0.123. The van der Waals surface area contributed by atoms with Crippen LogP contribution >= 0.6 is 0 Å². The van der Waals surface area contributed by atoms with Gasteiger partial charge in [-0.15, -0.1) is 5.10 Å². The number of aromatic nitrogens is 5. The van der Waals surface area contributed by atoms with E-state index in [0.717, 1.165) is 17.1 Å². The van der Waals surface area contributed by atoms with Crippen LogP contribution in [0, 0.1) is 6.92 Å². The molecule has 0 atom stereocenters. The van der Waals surface area contributed by atoms with Gasteiger partial charge in [-0.05, 0) is 19.1 Å². The van der Waals surface area contributed by atoms with Crippen molar-refractivity contribution in [2.75, 3.05) is 49.5 Å². The van der Waals surface area contributed by atoms with Crippen LogP contribution in [0.4, 0.5) is 11.6 Å². The fourth-order valence-corrected chi connectivity index (χ4v) is 4.37. The van der Waals surface area contributed by atoms with E-state index in [1.165, 1.54) is 11.7 Å². The van der Waals surface area contributed by atoms with Gasteiger partial charge in [-0.2, -0.15) is 9.90 Å². The zero-order chi connectivity index (χ0) is 27.2. The number of amides is 2. The molecule has 200 valence electrons. The quantitative estimate of drug-likeness (QED) is 0.337. The maximum atomic E-state index is 13.3. The summed E-state index contributed by atoms with van der Waals surface area (Å²) in [7, 11) is 0. The Labute approximate surface area is 226 Å². The van der Waals surface area contributed by atoms with Crippen LogP contribution in [0.25, 0.3) is 17.1 Å². The molecular formula is C28H31N9O2. The summed E-state index contributed by atoms with van der Waals surface area (Å²) in [5, 5.41) is 15.0. The summed E-state index contributed by atoms with van der Waals surface area (Å²) in [5.74, 6) is 1.87. The lowest BCUT2D eigenvalue weighted by Gasteiger charge is -2.35. The van der Waals surface area contributed by atoms with Crippen LogP contribution in [0.1, 0.15) is 23.1 Å². The van der Waals surface area contributed by atoms with Gasteiger partial charge in [0.15, 0.2) is 11.5 Å². The summed E-state index contributed by atoms with van der Waals surface area (Å²) in [6.45, 7) is 6.64. The SMILES string of the molecule is CC(=O)NCCNc1cc(N2CCN(C(=O)c3nn(-c4ccccc4)nc3C)CC2)nc(-c2ccccc2)n1. The number of carbonyl (C=O) groups is 2. The molecule has 11 heteroatoms. The summed E-state index contributed by atoms with van der Waals surface area (Å²) in [4.78, 5) is 39.5. The van der Waals surface area contributed by atoms with E-state index >= 15 is 0 Å². The van der Waals surface area contributed by atoms with Crippen LogP contribution in [0.2, 0.25) is 0 Å². The molecule has 0 spiro atoms. The lowest BCUT2D eigenvalue weighted by Crippen LogP contribution is -2.49. The van der Waals surface area contributed by atoms with Gasteiger partial charge in [-0.3, -0.25) is 9.59 Å². The van der Waals surface area contributed by atoms with E-state index in [-0.39, 0.29) is 11.8 Å². The second kappa shape index (κ2) is 11.7. The van der Waals surface area contributed by atoms with E-state index < -0.39 is 0 Å². The van der Waals surface area contributed by atoms with Gasteiger partial charge in [0, 0.05) is 57.8 Å². The Morgan fingerprint density at radius 2 is 1.56 bits per heavy atom. The molecule has 0 radical (unpaired) electrons. The number of nitrogens with zero attached hydrogens (tertiary/aromatic N) is 7. The number of hydrogen-bond acceptors (Lipinski definition) is 8. The highest BCUT2D eigenvalue weighted by atomic mass is 16.2. The molecule has 2 aromatic heterocycles. The average Bonchev–Trinajstić information content (AvgIpc) is 3.37. The highest BCUT2D eigenvalue weighted by Gasteiger charge is 2.27. The summed E-state index contributed by atoms with van der Waals surface area (Å²) in [6.07, 6.45) is 0. The predicted octanol–water partition coefficient (Wildman–Crippen LogP) is 2.54. The van der Waals surface area contributed by atoms with E-state index in [1.54, 1.807) is 0 Å². The van der Waals surface area contributed by atoms with Crippen molar-refractivity contribution >= 4 is 23.5 Å². The van der Waals surface area contributed by atoms with Gasteiger partial charge in [0.1, 0.15) is 11.6 Å². The van der Waals surface area contributed by atoms with E-state index in [4.69, 9.17) is 9.97 Å². The number of anilines is 2. The maximum Gasteiger partial charge on any atom is 0.276 e. The van der Waals surface area contributed by atoms with Crippen molar-refractivity contribution in [3.63, 3.8) is 0 Å². The molecule has 5 rings (SSSR count). The molecule has 2 aromatic carbocycles. The molecular weight excluding hydrogens is 494 g/mol. The van der Waals surface area contributed by atoms with Crippen molar-refractivity contribution in [3.8, 4) is 17.1 Å². The molecule has 0 saturated carbocycles. The molecule has 2 N–H and O–H groups in total. The number of aryl methyl sites for hydroxylation is 1. The summed E-state index contributed by atoms with van der Waals surface area (Å²) < 4.78 is 0. The normalized spacial score (nSPS) is 13.3. The van der Waals surface area contributed by atoms with E-state index in [0.29, 0.717) is 62.3 Å². The number of nitrogens with one attached hydrogen (secondary N) is 2. The highest BCUT2D eigenvalue weighted by Crippen LogP contribution is 2.24. The molecule has 1 saturated heterocycles. The summed E-state index contributed by atoms with van der Waals surface area (Å²) in [6, 6.07) is 21.3. The first-order valence-electron chi connectivity index (χ1n) is 12.9. The van der Waals surface area contributed by atoms with Crippen molar-refractivity contribution in [2.24, 2.45) is 0 Å². The van der Waals surface area contributed by atoms with Gasteiger partial charge in [-0.25, -0.2) is 9.97 Å². The molecule has 3 heterocycles. The Bertz CT molecular complexity index is 1430. The first-order chi connectivity index (χ1) is 19.0. The third-order valence-electron chi connectivity index (χ3n) is 6.41. The van der Waals surface area contributed by atoms with E-state index in [2.05, 4.69) is 25.7 Å². The molecule has 4 aromatic rings. The zero-order valence-corrected chi connectivity index (χ0v) is 22.0. The highest BCUT2D eigenvalue weighted by molar-refractivity contribution is 5.93. The Hall–Kier alpha value is -4.80. The molecule has 1 fully saturated rings. The average molecular weight is 526 g/mol. The number of benzene rings is 2. The minimum Gasteiger partial charge on any atom is -0.368 e. The molecule has 2 amide bonds. The second-order valence-corrected chi connectivity index (χ2v) is 9.25. The Morgan fingerprint density at radius 3 is 2.26 bits per heavy atom. The number of carbonyl (C=O) groups excluding carboxylic acids is 2. The van der Waals surface area contributed by atoms with Crippen molar-refractivity contribution < 1.29 is 9.59 Å². The predicted molar refractivity (Wildman–Crippen MR) is 149 cm³/mol. The minimum absolute atomic E-state index is 0.0737. The summed E-state index contributed by atoms with van der Waals surface area (Å²) >= 11 is 0. The van der Waals surface area contributed by atoms with Crippen LogP contribution in [-0.4, -0.2) is 80.9 Å². The number of rotatable bonds is 8. The fourth-order valence-electron chi connectivity index (χ4n) is 4.37. The van der Waals surface area contributed by atoms with Gasteiger partial charge < -0.3 is 20.4 Å². The monoisotopic (exact) mass is 525 g/mol.